The van der Waals surface area contributed by atoms with Gasteiger partial charge in [-0.05, 0) is 17.7 Å². The normalized spacial score (nSPS) is 19.1. The number of halogens is 1. The van der Waals surface area contributed by atoms with Crippen molar-refractivity contribution in [3.8, 4) is 0 Å². The third-order valence-corrected chi connectivity index (χ3v) is 3.74. The molecule has 0 radical (unpaired) electrons. The van der Waals surface area contributed by atoms with E-state index >= 15 is 0 Å². The summed E-state index contributed by atoms with van der Waals surface area (Å²) in [6, 6.07) is 6.20. The van der Waals surface area contributed by atoms with Crippen molar-refractivity contribution in [2.24, 2.45) is 0 Å². The molecule has 20 heavy (non-hydrogen) atoms. The molecule has 0 saturated carbocycles. The molecule has 0 spiro atoms. The van der Waals surface area contributed by atoms with Gasteiger partial charge in [0.25, 0.3) is 0 Å². The minimum atomic E-state index is -0.628. The van der Waals surface area contributed by atoms with Gasteiger partial charge in [-0.15, -0.1) is 0 Å². The van der Waals surface area contributed by atoms with E-state index in [1.54, 1.807) is 19.2 Å². The van der Waals surface area contributed by atoms with E-state index < -0.39 is 6.10 Å². The van der Waals surface area contributed by atoms with Crippen LogP contribution in [0.5, 0.6) is 0 Å². The van der Waals surface area contributed by atoms with E-state index in [1.807, 2.05) is 0 Å². The molecule has 0 aromatic heterocycles. The first-order chi connectivity index (χ1) is 9.69. The van der Waals surface area contributed by atoms with Crippen LogP contribution < -0.4 is 0 Å². The Labute approximate surface area is 119 Å². The smallest absolute Gasteiger partial charge is 0.123 e. The standard InChI is InChI=1S/C15H23FN2O2/c1-20-10-9-17-5-7-18(8-6-17)12-15(19)13-3-2-4-14(16)11-13/h2-4,11,15,19H,5-10,12H2,1H3. The van der Waals surface area contributed by atoms with Crippen LogP contribution in [-0.4, -0.2) is 67.9 Å². The van der Waals surface area contributed by atoms with Gasteiger partial charge >= 0.3 is 0 Å². The highest BCUT2D eigenvalue weighted by atomic mass is 19.1. The fraction of sp³-hybridized carbons (Fsp3) is 0.600. The Morgan fingerprint density at radius 2 is 1.95 bits per heavy atom. The van der Waals surface area contributed by atoms with Crippen LogP contribution in [0, 0.1) is 5.82 Å². The second-order valence-corrected chi connectivity index (χ2v) is 5.21. The van der Waals surface area contributed by atoms with Crippen LogP contribution in [0.25, 0.3) is 0 Å². The molecule has 1 aromatic carbocycles. The predicted molar refractivity (Wildman–Crippen MR) is 76.1 cm³/mol. The highest BCUT2D eigenvalue weighted by molar-refractivity contribution is 5.19. The molecule has 1 aromatic rings. The number of methoxy groups -OCH3 is 1. The number of β-amino-alcohol motifs (C(OH)–C–C–N with tert-alkyl or cyclic N) is 1. The van der Waals surface area contributed by atoms with E-state index in [4.69, 9.17) is 4.74 Å². The molecule has 1 saturated heterocycles. The number of nitrogens with zero attached hydrogens (tertiary/aromatic N) is 2. The SMILES string of the molecule is COCCN1CCN(CC(O)c2cccc(F)c2)CC1. The lowest BCUT2D eigenvalue weighted by Gasteiger charge is -2.35. The number of hydrogen-bond acceptors (Lipinski definition) is 4. The lowest BCUT2D eigenvalue weighted by Crippen LogP contribution is -2.48. The van der Waals surface area contributed by atoms with E-state index in [2.05, 4.69) is 9.80 Å². The molecule has 1 unspecified atom stereocenters. The van der Waals surface area contributed by atoms with Gasteiger partial charge in [-0.25, -0.2) is 4.39 Å². The van der Waals surface area contributed by atoms with Crippen molar-refractivity contribution in [2.75, 3.05) is 53.0 Å². The lowest BCUT2D eigenvalue weighted by molar-refractivity contribution is 0.0610. The zero-order valence-corrected chi connectivity index (χ0v) is 12.0. The first-order valence-electron chi connectivity index (χ1n) is 7.06. The predicted octanol–water partition coefficient (Wildman–Crippen LogP) is 1.12. The van der Waals surface area contributed by atoms with Crippen molar-refractivity contribution in [3.63, 3.8) is 0 Å². The average molecular weight is 282 g/mol. The van der Waals surface area contributed by atoms with Gasteiger partial charge in [-0.3, -0.25) is 9.80 Å². The Hall–Kier alpha value is -1.01. The topological polar surface area (TPSA) is 35.9 Å². The van der Waals surface area contributed by atoms with Crippen molar-refractivity contribution < 1.29 is 14.2 Å². The number of piperazine rings is 1. The van der Waals surface area contributed by atoms with Crippen LogP contribution >= 0.6 is 0 Å². The van der Waals surface area contributed by atoms with Gasteiger partial charge in [0.1, 0.15) is 5.82 Å². The maximum absolute atomic E-state index is 13.1. The number of benzene rings is 1. The third-order valence-electron chi connectivity index (χ3n) is 3.74. The molecule has 0 bridgehead atoms. The fourth-order valence-electron chi connectivity index (χ4n) is 2.48. The summed E-state index contributed by atoms with van der Waals surface area (Å²) in [4.78, 5) is 4.58. The van der Waals surface area contributed by atoms with Gasteiger partial charge in [0.05, 0.1) is 12.7 Å². The first kappa shape index (κ1) is 15.4. The second kappa shape index (κ2) is 7.69. The van der Waals surface area contributed by atoms with Crippen molar-refractivity contribution in [2.45, 2.75) is 6.10 Å². The largest absolute Gasteiger partial charge is 0.387 e. The van der Waals surface area contributed by atoms with Crippen LogP contribution in [0.1, 0.15) is 11.7 Å². The van der Waals surface area contributed by atoms with Crippen LogP contribution in [0.2, 0.25) is 0 Å². The monoisotopic (exact) mass is 282 g/mol. The number of hydrogen-bond donors (Lipinski definition) is 1. The summed E-state index contributed by atoms with van der Waals surface area (Å²) in [5, 5.41) is 10.2. The molecule has 1 N–H and O–H groups in total. The summed E-state index contributed by atoms with van der Waals surface area (Å²) in [5.41, 5.74) is 0.645. The zero-order valence-electron chi connectivity index (χ0n) is 12.0. The molecule has 1 aliphatic rings. The molecule has 1 heterocycles. The Morgan fingerprint density at radius 3 is 2.60 bits per heavy atom. The summed E-state index contributed by atoms with van der Waals surface area (Å²) in [5.74, 6) is -0.300. The molecule has 0 aliphatic carbocycles. The molecule has 1 fully saturated rings. The molecule has 1 aliphatic heterocycles. The number of rotatable bonds is 6. The molecule has 1 atom stereocenters. The van der Waals surface area contributed by atoms with Gasteiger partial charge in [-0.1, -0.05) is 12.1 Å². The third kappa shape index (κ3) is 4.52. The van der Waals surface area contributed by atoms with Crippen molar-refractivity contribution in [1.82, 2.24) is 9.80 Å². The summed E-state index contributed by atoms with van der Waals surface area (Å²) in [6.07, 6.45) is -0.628. The summed E-state index contributed by atoms with van der Waals surface area (Å²) in [6.45, 7) is 6.09. The molecule has 112 valence electrons. The number of ether oxygens (including phenoxy) is 1. The van der Waals surface area contributed by atoms with Crippen LogP contribution in [0.4, 0.5) is 4.39 Å². The second-order valence-electron chi connectivity index (χ2n) is 5.21. The van der Waals surface area contributed by atoms with Crippen molar-refractivity contribution in [3.05, 3.63) is 35.6 Å². The summed E-state index contributed by atoms with van der Waals surface area (Å²) >= 11 is 0. The minimum Gasteiger partial charge on any atom is -0.387 e. The molecular formula is C15H23FN2O2. The van der Waals surface area contributed by atoms with Crippen LogP contribution in [0.3, 0.4) is 0 Å². The maximum atomic E-state index is 13.1. The molecule has 2 rings (SSSR count). The van der Waals surface area contributed by atoms with E-state index in [9.17, 15) is 9.50 Å². The van der Waals surface area contributed by atoms with Gasteiger partial charge in [-0.2, -0.15) is 0 Å². The number of aliphatic hydroxyl groups excluding tert-OH is 1. The quantitative estimate of drug-likeness (QED) is 0.848. The van der Waals surface area contributed by atoms with Crippen molar-refractivity contribution >= 4 is 0 Å². The van der Waals surface area contributed by atoms with E-state index in [0.29, 0.717) is 12.1 Å². The lowest BCUT2D eigenvalue weighted by atomic mass is 10.1. The molecular weight excluding hydrogens is 259 g/mol. The summed E-state index contributed by atoms with van der Waals surface area (Å²) < 4.78 is 18.2. The first-order valence-corrected chi connectivity index (χ1v) is 7.06. The Morgan fingerprint density at radius 1 is 1.25 bits per heavy atom. The van der Waals surface area contributed by atoms with Crippen LogP contribution in [-0.2, 0) is 4.74 Å². The minimum absolute atomic E-state index is 0.300. The average Bonchev–Trinajstić information content (AvgIpc) is 2.46. The van der Waals surface area contributed by atoms with E-state index in [-0.39, 0.29) is 5.82 Å². The van der Waals surface area contributed by atoms with Gasteiger partial charge in [0.2, 0.25) is 0 Å². The highest BCUT2D eigenvalue weighted by Gasteiger charge is 2.19. The molecule has 5 heteroatoms. The zero-order chi connectivity index (χ0) is 14.4. The highest BCUT2D eigenvalue weighted by Crippen LogP contribution is 2.16. The van der Waals surface area contributed by atoms with E-state index in [0.717, 1.165) is 39.3 Å². The summed E-state index contributed by atoms with van der Waals surface area (Å²) in [7, 11) is 1.71. The number of aliphatic hydroxyl groups is 1. The van der Waals surface area contributed by atoms with Gasteiger partial charge in [0, 0.05) is 46.4 Å². The Bertz CT molecular complexity index is 409. The van der Waals surface area contributed by atoms with E-state index in [1.165, 1.54) is 12.1 Å². The van der Waals surface area contributed by atoms with Crippen molar-refractivity contribution in [1.29, 1.82) is 0 Å². The maximum Gasteiger partial charge on any atom is 0.123 e. The van der Waals surface area contributed by atoms with Gasteiger partial charge < -0.3 is 9.84 Å². The fourth-order valence-corrected chi connectivity index (χ4v) is 2.48. The Balaban J connectivity index is 1.77. The van der Waals surface area contributed by atoms with Crippen LogP contribution in [0.15, 0.2) is 24.3 Å². The molecule has 0 amide bonds. The van der Waals surface area contributed by atoms with Gasteiger partial charge in [0.15, 0.2) is 0 Å². The molecule has 4 nitrogen and oxygen atoms in total. The Kier molecular flexibility index (Phi) is 5.91.